The van der Waals surface area contributed by atoms with Crippen LogP contribution in [0.1, 0.15) is 31.2 Å². The van der Waals surface area contributed by atoms with Crippen LogP contribution in [-0.4, -0.2) is 52.5 Å². The average molecular weight is 465 g/mol. The number of hydrogen-bond donors (Lipinski definition) is 2. The summed E-state index contributed by atoms with van der Waals surface area (Å²) in [6, 6.07) is 15.4. The fourth-order valence-corrected chi connectivity index (χ4v) is 4.75. The highest BCUT2D eigenvalue weighted by Gasteiger charge is 2.22. The van der Waals surface area contributed by atoms with Gasteiger partial charge in [-0.1, -0.05) is 18.2 Å². The average Bonchev–Trinajstić information content (AvgIpc) is 2.87. The zero-order valence-electron chi connectivity index (χ0n) is 20.9. The van der Waals surface area contributed by atoms with Gasteiger partial charge in [-0.3, -0.25) is 0 Å². The number of hydrogen-bond acceptors (Lipinski definition) is 7. The summed E-state index contributed by atoms with van der Waals surface area (Å²) in [6.07, 6.45) is 4.46. The first kappa shape index (κ1) is 24.0. The molecule has 182 valence electrons. The molecule has 7 heteroatoms. The van der Waals surface area contributed by atoms with Crippen molar-refractivity contribution >= 4 is 22.4 Å². The molecule has 0 radical (unpaired) electrons. The summed E-state index contributed by atoms with van der Waals surface area (Å²) in [5.74, 6) is 2.95. The second kappa shape index (κ2) is 10.8. The first-order valence-corrected chi connectivity index (χ1v) is 11.9. The SMILES string of the molecule is COc1cc(CNC2CCC(Nc3cc(N(C)C)c4ccccc4n3)CC2)cc(OC)c1OC. The van der Waals surface area contributed by atoms with E-state index in [2.05, 4.69) is 53.9 Å². The van der Waals surface area contributed by atoms with Gasteiger partial charge in [0.2, 0.25) is 5.75 Å². The monoisotopic (exact) mass is 464 g/mol. The Balaban J connectivity index is 1.35. The highest BCUT2D eigenvalue weighted by Crippen LogP contribution is 2.38. The molecule has 34 heavy (non-hydrogen) atoms. The van der Waals surface area contributed by atoms with Gasteiger partial charge < -0.3 is 29.7 Å². The Morgan fingerprint density at radius 1 is 0.882 bits per heavy atom. The van der Waals surface area contributed by atoms with Crippen molar-refractivity contribution in [1.29, 1.82) is 0 Å². The standard InChI is InChI=1S/C27H36N4O3/c1-31(2)23-16-26(30-22-9-7-6-8-21(22)23)29-20-12-10-19(11-13-20)28-17-18-14-24(32-3)27(34-5)25(15-18)33-4/h6-9,14-16,19-20,28H,10-13,17H2,1-5H3,(H,29,30). The van der Waals surface area contributed by atoms with E-state index in [4.69, 9.17) is 19.2 Å². The molecule has 0 saturated heterocycles. The maximum atomic E-state index is 5.48. The number of methoxy groups -OCH3 is 3. The smallest absolute Gasteiger partial charge is 0.203 e. The van der Waals surface area contributed by atoms with E-state index in [0.29, 0.717) is 29.3 Å². The van der Waals surface area contributed by atoms with Gasteiger partial charge in [0.25, 0.3) is 0 Å². The molecule has 0 atom stereocenters. The normalized spacial score (nSPS) is 17.9. The summed E-state index contributed by atoms with van der Waals surface area (Å²) < 4.78 is 16.4. The van der Waals surface area contributed by atoms with Crippen LogP contribution in [-0.2, 0) is 6.54 Å². The minimum absolute atomic E-state index is 0.433. The quantitative estimate of drug-likeness (QED) is 0.470. The molecule has 4 rings (SSSR count). The number of nitrogens with one attached hydrogen (secondary N) is 2. The minimum atomic E-state index is 0.433. The lowest BCUT2D eigenvalue weighted by atomic mass is 9.91. The van der Waals surface area contributed by atoms with Crippen LogP contribution in [0.4, 0.5) is 11.5 Å². The van der Waals surface area contributed by atoms with Crippen LogP contribution in [0, 0.1) is 0 Å². The van der Waals surface area contributed by atoms with E-state index >= 15 is 0 Å². The van der Waals surface area contributed by atoms with Crippen molar-refractivity contribution in [1.82, 2.24) is 10.3 Å². The van der Waals surface area contributed by atoms with Crippen molar-refractivity contribution in [2.24, 2.45) is 0 Å². The maximum Gasteiger partial charge on any atom is 0.203 e. The zero-order valence-corrected chi connectivity index (χ0v) is 20.9. The van der Waals surface area contributed by atoms with Gasteiger partial charge in [-0.15, -0.1) is 0 Å². The van der Waals surface area contributed by atoms with Crippen molar-refractivity contribution in [3.8, 4) is 17.2 Å². The van der Waals surface area contributed by atoms with Gasteiger partial charge in [0.05, 0.1) is 26.8 Å². The van der Waals surface area contributed by atoms with Gasteiger partial charge in [-0.2, -0.15) is 0 Å². The Labute approximate surface area is 202 Å². The lowest BCUT2D eigenvalue weighted by molar-refractivity contribution is 0.322. The van der Waals surface area contributed by atoms with Crippen LogP contribution in [0.2, 0.25) is 0 Å². The number of rotatable bonds is 9. The van der Waals surface area contributed by atoms with E-state index in [1.807, 2.05) is 18.2 Å². The second-order valence-corrected chi connectivity index (χ2v) is 9.05. The van der Waals surface area contributed by atoms with E-state index in [1.165, 1.54) is 11.1 Å². The topological polar surface area (TPSA) is 67.9 Å². The number of anilines is 2. The van der Waals surface area contributed by atoms with Crippen molar-refractivity contribution in [3.63, 3.8) is 0 Å². The Morgan fingerprint density at radius 3 is 2.15 bits per heavy atom. The fraction of sp³-hybridized carbons (Fsp3) is 0.444. The van der Waals surface area contributed by atoms with Gasteiger partial charge in [0.1, 0.15) is 5.82 Å². The number of para-hydroxylation sites is 1. The summed E-state index contributed by atoms with van der Waals surface area (Å²) in [5, 5.41) is 8.58. The molecule has 1 fully saturated rings. The Morgan fingerprint density at radius 2 is 1.53 bits per heavy atom. The molecule has 1 aliphatic carbocycles. The molecule has 0 aliphatic heterocycles. The third-order valence-corrected chi connectivity index (χ3v) is 6.57. The Hall–Kier alpha value is -3.19. The number of pyridine rings is 1. The predicted molar refractivity (Wildman–Crippen MR) is 139 cm³/mol. The molecule has 2 aromatic carbocycles. The Bertz CT molecular complexity index is 1090. The third kappa shape index (κ3) is 5.30. The summed E-state index contributed by atoms with van der Waals surface area (Å²) in [7, 11) is 9.08. The molecular weight excluding hydrogens is 428 g/mol. The number of aromatic nitrogens is 1. The van der Waals surface area contributed by atoms with E-state index in [1.54, 1.807) is 21.3 Å². The lowest BCUT2D eigenvalue weighted by Crippen LogP contribution is -2.36. The number of fused-ring (bicyclic) bond motifs is 1. The highest BCUT2D eigenvalue weighted by atomic mass is 16.5. The molecule has 0 bridgehead atoms. The first-order chi connectivity index (χ1) is 16.5. The maximum absolute atomic E-state index is 5.48. The molecule has 0 unspecified atom stereocenters. The molecule has 1 saturated carbocycles. The van der Waals surface area contributed by atoms with Crippen molar-refractivity contribution < 1.29 is 14.2 Å². The van der Waals surface area contributed by atoms with Crippen LogP contribution in [0.25, 0.3) is 10.9 Å². The van der Waals surface area contributed by atoms with E-state index < -0.39 is 0 Å². The van der Waals surface area contributed by atoms with E-state index in [0.717, 1.165) is 49.1 Å². The van der Waals surface area contributed by atoms with Gasteiger partial charge in [0.15, 0.2) is 11.5 Å². The summed E-state index contributed by atoms with van der Waals surface area (Å²) >= 11 is 0. The van der Waals surface area contributed by atoms with Gasteiger partial charge >= 0.3 is 0 Å². The number of ether oxygens (including phenoxy) is 3. The number of benzene rings is 2. The molecule has 2 N–H and O–H groups in total. The first-order valence-electron chi connectivity index (χ1n) is 11.9. The molecule has 0 spiro atoms. The van der Waals surface area contributed by atoms with Crippen LogP contribution in [0.5, 0.6) is 17.2 Å². The zero-order chi connectivity index (χ0) is 24.1. The lowest BCUT2D eigenvalue weighted by Gasteiger charge is -2.30. The van der Waals surface area contributed by atoms with Crippen molar-refractivity contribution in [2.75, 3.05) is 45.6 Å². The molecule has 1 aliphatic rings. The van der Waals surface area contributed by atoms with Gasteiger partial charge in [-0.05, 0) is 49.4 Å². The molecule has 3 aromatic rings. The van der Waals surface area contributed by atoms with Crippen LogP contribution >= 0.6 is 0 Å². The second-order valence-electron chi connectivity index (χ2n) is 9.05. The Kier molecular flexibility index (Phi) is 7.63. The van der Waals surface area contributed by atoms with E-state index in [9.17, 15) is 0 Å². The van der Waals surface area contributed by atoms with Crippen LogP contribution in [0.3, 0.4) is 0 Å². The largest absolute Gasteiger partial charge is 0.493 e. The molecule has 7 nitrogen and oxygen atoms in total. The van der Waals surface area contributed by atoms with Gasteiger partial charge in [-0.25, -0.2) is 4.98 Å². The predicted octanol–water partition coefficient (Wildman–Crippen LogP) is 4.84. The van der Waals surface area contributed by atoms with Crippen molar-refractivity contribution in [3.05, 3.63) is 48.0 Å². The van der Waals surface area contributed by atoms with Crippen LogP contribution < -0.4 is 29.7 Å². The molecule has 1 aromatic heterocycles. The van der Waals surface area contributed by atoms with Crippen LogP contribution in [0.15, 0.2) is 42.5 Å². The number of nitrogens with zero attached hydrogens (tertiary/aromatic N) is 2. The van der Waals surface area contributed by atoms with Crippen molar-refractivity contribution in [2.45, 2.75) is 44.3 Å². The molecular formula is C27H36N4O3. The summed E-state index contributed by atoms with van der Waals surface area (Å²) in [6.45, 7) is 0.762. The molecule has 1 heterocycles. The fourth-order valence-electron chi connectivity index (χ4n) is 4.75. The minimum Gasteiger partial charge on any atom is -0.493 e. The highest BCUT2D eigenvalue weighted by molar-refractivity contribution is 5.93. The summed E-state index contributed by atoms with van der Waals surface area (Å²) in [5.41, 5.74) is 3.33. The van der Waals surface area contributed by atoms with E-state index in [-0.39, 0.29) is 0 Å². The molecule has 0 amide bonds. The summed E-state index contributed by atoms with van der Waals surface area (Å²) in [4.78, 5) is 7.02. The third-order valence-electron chi connectivity index (χ3n) is 6.57. The van der Waals surface area contributed by atoms with Gasteiger partial charge in [0, 0.05) is 49.9 Å².